The Balaban J connectivity index is 1.97. The van der Waals surface area contributed by atoms with Crippen molar-refractivity contribution in [1.82, 2.24) is 14.3 Å². The van der Waals surface area contributed by atoms with Crippen LogP contribution < -0.4 is 0 Å². The molecule has 0 aliphatic carbocycles. The van der Waals surface area contributed by atoms with Crippen LogP contribution in [-0.2, 0) is 14.3 Å². The molecule has 0 radical (unpaired) electrons. The Kier molecular flexibility index (Phi) is 7.38. The second-order valence-electron chi connectivity index (χ2n) is 7.29. The van der Waals surface area contributed by atoms with Gasteiger partial charge in [-0.1, -0.05) is 29.8 Å². The van der Waals surface area contributed by atoms with Gasteiger partial charge >= 0.3 is 0 Å². The molecule has 6 nitrogen and oxygen atoms in total. The number of amides is 1. The number of imidazole rings is 1. The molecule has 1 amide bonds. The molecule has 30 heavy (non-hydrogen) atoms. The highest BCUT2D eigenvalue weighted by Crippen LogP contribution is 2.26. The number of rotatable bonds is 9. The van der Waals surface area contributed by atoms with Crippen LogP contribution in [-0.4, -0.2) is 60.7 Å². The van der Waals surface area contributed by atoms with Gasteiger partial charge in [0.25, 0.3) is 0 Å². The topological polar surface area (TPSA) is 56.1 Å². The molecule has 3 aromatic rings. The van der Waals surface area contributed by atoms with Gasteiger partial charge in [-0.25, -0.2) is 4.98 Å². The van der Waals surface area contributed by atoms with Crippen molar-refractivity contribution in [3.63, 3.8) is 0 Å². The zero-order chi connectivity index (χ0) is 21.5. The molecular formula is C24H29N3O3. The van der Waals surface area contributed by atoms with E-state index in [1.807, 2.05) is 35.7 Å². The smallest absolute Gasteiger partial charge is 0.246 e. The van der Waals surface area contributed by atoms with E-state index in [0.717, 1.165) is 28.2 Å². The summed E-state index contributed by atoms with van der Waals surface area (Å²) in [6.07, 6.45) is 5.44. The molecule has 0 saturated heterocycles. The molecule has 0 N–H and O–H groups in total. The monoisotopic (exact) mass is 407 g/mol. The van der Waals surface area contributed by atoms with Crippen molar-refractivity contribution >= 4 is 17.6 Å². The first-order chi connectivity index (χ1) is 14.5. The number of pyridine rings is 1. The van der Waals surface area contributed by atoms with Crippen molar-refractivity contribution in [3.05, 3.63) is 65.5 Å². The molecule has 0 aliphatic heterocycles. The number of hydrogen-bond acceptors (Lipinski definition) is 4. The third-order valence-corrected chi connectivity index (χ3v) is 4.97. The van der Waals surface area contributed by atoms with Crippen LogP contribution in [0.1, 0.15) is 16.8 Å². The molecule has 0 saturated carbocycles. The van der Waals surface area contributed by atoms with E-state index in [4.69, 9.17) is 14.5 Å². The first kappa shape index (κ1) is 21.7. The molecule has 0 fully saturated rings. The Labute approximate surface area is 177 Å². The second kappa shape index (κ2) is 10.2. The first-order valence-electron chi connectivity index (χ1n) is 10.0. The predicted molar refractivity (Wildman–Crippen MR) is 119 cm³/mol. The van der Waals surface area contributed by atoms with Gasteiger partial charge in [0.15, 0.2) is 0 Å². The van der Waals surface area contributed by atoms with Crippen LogP contribution in [0, 0.1) is 13.8 Å². The van der Waals surface area contributed by atoms with Gasteiger partial charge in [-0.05, 0) is 37.6 Å². The summed E-state index contributed by atoms with van der Waals surface area (Å²) >= 11 is 0. The molecular weight excluding hydrogens is 378 g/mol. The van der Waals surface area contributed by atoms with Crippen LogP contribution in [0.15, 0.2) is 48.7 Å². The highest BCUT2D eigenvalue weighted by molar-refractivity contribution is 5.93. The highest BCUT2D eigenvalue weighted by Gasteiger charge is 2.14. The third-order valence-electron chi connectivity index (χ3n) is 4.97. The van der Waals surface area contributed by atoms with Crippen LogP contribution in [0.2, 0.25) is 0 Å². The first-order valence-corrected chi connectivity index (χ1v) is 10.0. The van der Waals surface area contributed by atoms with Gasteiger partial charge in [0.2, 0.25) is 5.91 Å². The molecule has 0 spiro atoms. The van der Waals surface area contributed by atoms with E-state index in [9.17, 15) is 4.79 Å². The summed E-state index contributed by atoms with van der Waals surface area (Å²) in [5.41, 5.74) is 5.93. The molecule has 0 atom stereocenters. The summed E-state index contributed by atoms with van der Waals surface area (Å²) in [5.74, 6) is -0.0824. The van der Waals surface area contributed by atoms with E-state index in [0.29, 0.717) is 26.3 Å². The summed E-state index contributed by atoms with van der Waals surface area (Å²) < 4.78 is 12.3. The average molecular weight is 408 g/mol. The molecule has 0 aliphatic rings. The van der Waals surface area contributed by atoms with Crippen LogP contribution in [0.4, 0.5) is 0 Å². The Morgan fingerprint density at radius 3 is 2.33 bits per heavy atom. The van der Waals surface area contributed by atoms with Gasteiger partial charge in [-0.2, -0.15) is 0 Å². The molecule has 2 heterocycles. The minimum absolute atomic E-state index is 0.0824. The molecule has 6 heteroatoms. The van der Waals surface area contributed by atoms with Gasteiger partial charge in [-0.3, -0.25) is 9.20 Å². The fraction of sp³-hybridized carbons (Fsp3) is 0.333. The van der Waals surface area contributed by atoms with Crippen LogP contribution >= 0.6 is 0 Å². The lowest BCUT2D eigenvalue weighted by Crippen LogP contribution is -2.35. The number of nitrogens with zero attached hydrogens (tertiary/aromatic N) is 3. The number of benzene rings is 1. The summed E-state index contributed by atoms with van der Waals surface area (Å²) in [7, 11) is 3.26. The van der Waals surface area contributed by atoms with E-state index < -0.39 is 0 Å². The zero-order valence-electron chi connectivity index (χ0n) is 18.1. The maximum atomic E-state index is 12.8. The molecule has 158 valence electrons. The van der Waals surface area contributed by atoms with E-state index >= 15 is 0 Å². The second-order valence-corrected chi connectivity index (χ2v) is 7.29. The number of methoxy groups -OCH3 is 2. The number of carbonyl (C=O) groups is 1. The number of ether oxygens (including phenoxy) is 2. The normalized spacial score (nSPS) is 11.5. The maximum absolute atomic E-state index is 12.8. The SMILES string of the molecule is COCCN(CCOC)C(=O)/C=C/c1c(-c2ccc(C)cc2)nc2cc(C)ccn12. The Bertz CT molecular complexity index is 1010. The summed E-state index contributed by atoms with van der Waals surface area (Å²) in [4.78, 5) is 19.4. The minimum atomic E-state index is -0.0824. The number of aromatic nitrogens is 2. The van der Waals surface area contributed by atoms with Crippen molar-refractivity contribution in [3.8, 4) is 11.3 Å². The summed E-state index contributed by atoms with van der Waals surface area (Å²) in [6.45, 7) is 6.09. The Hall–Kier alpha value is -2.96. The van der Waals surface area contributed by atoms with Crippen molar-refractivity contribution < 1.29 is 14.3 Å². The van der Waals surface area contributed by atoms with Crippen molar-refractivity contribution in [2.75, 3.05) is 40.5 Å². The summed E-state index contributed by atoms with van der Waals surface area (Å²) in [6, 6.07) is 12.3. The van der Waals surface area contributed by atoms with Crippen molar-refractivity contribution in [1.29, 1.82) is 0 Å². The Morgan fingerprint density at radius 2 is 1.70 bits per heavy atom. The van der Waals surface area contributed by atoms with E-state index in [2.05, 4.69) is 31.2 Å². The average Bonchev–Trinajstić information content (AvgIpc) is 3.10. The lowest BCUT2D eigenvalue weighted by molar-refractivity contribution is -0.127. The van der Waals surface area contributed by atoms with Crippen LogP contribution in [0.5, 0.6) is 0 Å². The molecule has 1 aromatic carbocycles. The van der Waals surface area contributed by atoms with Crippen molar-refractivity contribution in [2.45, 2.75) is 13.8 Å². The number of hydrogen-bond donors (Lipinski definition) is 0. The van der Waals surface area contributed by atoms with Gasteiger partial charge in [0.05, 0.1) is 24.6 Å². The number of aryl methyl sites for hydroxylation is 2. The van der Waals surface area contributed by atoms with Gasteiger partial charge in [-0.15, -0.1) is 0 Å². The lowest BCUT2D eigenvalue weighted by atomic mass is 10.1. The van der Waals surface area contributed by atoms with Gasteiger partial charge < -0.3 is 14.4 Å². The van der Waals surface area contributed by atoms with Gasteiger partial charge in [0, 0.05) is 45.1 Å². The maximum Gasteiger partial charge on any atom is 0.246 e. The lowest BCUT2D eigenvalue weighted by Gasteiger charge is -2.20. The van der Waals surface area contributed by atoms with E-state index in [-0.39, 0.29) is 5.91 Å². The fourth-order valence-corrected chi connectivity index (χ4v) is 3.24. The quantitative estimate of drug-likeness (QED) is 0.507. The largest absolute Gasteiger partial charge is 0.383 e. The zero-order valence-corrected chi connectivity index (χ0v) is 18.1. The molecule has 0 bridgehead atoms. The number of fused-ring (bicyclic) bond motifs is 1. The minimum Gasteiger partial charge on any atom is -0.383 e. The van der Waals surface area contributed by atoms with Crippen LogP contribution in [0.25, 0.3) is 23.0 Å². The van der Waals surface area contributed by atoms with E-state index in [1.54, 1.807) is 25.2 Å². The van der Waals surface area contributed by atoms with E-state index in [1.165, 1.54) is 5.56 Å². The van der Waals surface area contributed by atoms with Gasteiger partial charge in [0.1, 0.15) is 5.65 Å². The van der Waals surface area contributed by atoms with Crippen molar-refractivity contribution in [2.24, 2.45) is 0 Å². The molecule has 3 rings (SSSR count). The predicted octanol–water partition coefficient (Wildman–Crippen LogP) is 3.75. The molecule has 2 aromatic heterocycles. The van der Waals surface area contributed by atoms with Crippen LogP contribution in [0.3, 0.4) is 0 Å². The fourth-order valence-electron chi connectivity index (χ4n) is 3.24. The number of carbonyl (C=O) groups excluding carboxylic acids is 1. The third kappa shape index (κ3) is 5.14. The summed E-state index contributed by atoms with van der Waals surface area (Å²) in [5, 5.41) is 0. The highest BCUT2D eigenvalue weighted by atomic mass is 16.5. The molecule has 0 unspecified atom stereocenters. The standard InChI is InChI=1S/C24H29N3O3/c1-18-5-7-20(8-6-18)24-21(27-12-11-19(2)17-22(27)25-24)9-10-23(28)26(13-15-29-3)14-16-30-4/h5-12,17H,13-16H2,1-4H3/b10-9+. The Morgan fingerprint density at radius 1 is 1.03 bits per heavy atom.